The van der Waals surface area contributed by atoms with E-state index in [1.807, 2.05) is 6.92 Å². The van der Waals surface area contributed by atoms with E-state index >= 15 is 0 Å². The molecule has 0 amide bonds. The summed E-state index contributed by atoms with van der Waals surface area (Å²) in [6.45, 7) is 5.18. The minimum atomic E-state index is -4.32. The molecule has 1 aliphatic heterocycles. The van der Waals surface area contributed by atoms with Crippen LogP contribution in [0.3, 0.4) is 0 Å². The van der Waals surface area contributed by atoms with E-state index in [1.165, 1.54) is 12.1 Å². The number of piperidine rings is 1. The zero-order chi connectivity index (χ0) is 17.2. The standard InChI is InChI=1S/C17H22F3NO2/c1-11(13-5-7-15(8-6-13)17(18,19)20)9-21-10-14(16(22)23)4-3-12(21)2/h5-8,11-12,14H,3-4,9-10H2,1-2H3,(H,22,23). The number of hydrogen-bond acceptors (Lipinski definition) is 2. The van der Waals surface area contributed by atoms with Crippen molar-refractivity contribution in [1.29, 1.82) is 0 Å². The van der Waals surface area contributed by atoms with Gasteiger partial charge in [-0.05, 0) is 43.4 Å². The van der Waals surface area contributed by atoms with Crippen LogP contribution in [0.2, 0.25) is 0 Å². The third kappa shape index (κ3) is 4.47. The van der Waals surface area contributed by atoms with Gasteiger partial charge < -0.3 is 5.11 Å². The van der Waals surface area contributed by atoms with E-state index in [0.717, 1.165) is 24.1 Å². The van der Waals surface area contributed by atoms with Crippen LogP contribution in [0.4, 0.5) is 13.2 Å². The van der Waals surface area contributed by atoms with Crippen LogP contribution in [-0.4, -0.2) is 35.1 Å². The maximum absolute atomic E-state index is 12.6. The van der Waals surface area contributed by atoms with Crippen LogP contribution in [0.5, 0.6) is 0 Å². The third-order valence-electron chi connectivity index (χ3n) is 4.68. The van der Waals surface area contributed by atoms with Gasteiger partial charge in [0.05, 0.1) is 11.5 Å². The molecule has 1 aliphatic rings. The molecule has 1 heterocycles. The number of rotatable bonds is 4. The second-order valence-electron chi connectivity index (χ2n) is 6.44. The Balaban J connectivity index is 2.02. The van der Waals surface area contributed by atoms with Crippen molar-refractivity contribution in [3.05, 3.63) is 35.4 Å². The van der Waals surface area contributed by atoms with Crippen LogP contribution >= 0.6 is 0 Å². The van der Waals surface area contributed by atoms with Gasteiger partial charge in [-0.3, -0.25) is 9.69 Å². The molecule has 0 spiro atoms. The van der Waals surface area contributed by atoms with Crippen LogP contribution in [0, 0.1) is 5.92 Å². The predicted octanol–water partition coefficient (Wildman–Crippen LogP) is 3.99. The predicted molar refractivity (Wildman–Crippen MR) is 81.3 cm³/mol. The van der Waals surface area contributed by atoms with E-state index < -0.39 is 17.7 Å². The van der Waals surface area contributed by atoms with Crippen molar-refractivity contribution in [3.63, 3.8) is 0 Å². The molecular formula is C17H22F3NO2. The molecule has 6 heteroatoms. The fourth-order valence-electron chi connectivity index (χ4n) is 3.09. The van der Waals surface area contributed by atoms with Gasteiger partial charge in [-0.2, -0.15) is 13.2 Å². The fraction of sp³-hybridized carbons (Fsp3) is 0.588. The quantitative estimate of drug-likeness (QED) is 0.908. The van der Waals surface area contributed by atoms with Gasteiger partial charge in [0.15, 0.2) is 0 Å². The van der Waals surface area contributed by atoms with Crippen LogP contribution in [-0.2, 0) is 11.0 Å². The summed E-state index contributed by atoms with van der Waals surface area (Å²) in [6, 6.07) is 5.52. The molecule has 0 aromatic heterocycles. The van der Waals surface area contributed by atoms with Crippen molar-refractivity contribution < 1.29 is 23.1 Å². The third-order valence-corrected chi connectivity index (χ3v) is 4.68. The van der Waals surface area contributed by atoms with Gasteiger partial charge in [-0.1, -0.05) is 19.1 Å². The molecule has 1 aromatic carbocycles. The van der Waals surface area contributed by atoms with Gasteiger partial charge in [0.2, 0.25) is 0 Å². The Bertz CT molecular complexity index is 542. The minimum absolute atomic E-state index is 0.0484. The van der Waals surface area contributed by atoms with Crippen molar-refractivity contribution in [1.82, 2.24) is 4.90 Å². The highest BCUT2D eigenvalue weighted by Gasteiger charge is 2.32. The summed E-state index contributed by atoms with van der Waals surface area (Å²) in [5.74, 6) is -1.08. The fourth-order valence-corrected chi connectivity index (χ4v) is 3.09. The van der Waals surface area contributed by atoms with Crippen molar-refractivity contribution in [2.45, 2.75) is 44.8 Å². The monoisotopic (exact) mass is 329 g/mol. The van der Waals surface area contributed by atoms with Gasteiger partial charge >= 0.3 is 12.1 Å². The summed E-state index contributed by atoms with van der Waals surface area (Å²) in [5.41, 5.74) is 0.188. The molecule has 23 heavy (non-hydrogen) atoms. The molecule has 3 nitrogen and oxygen atoms in total. The summed E-state index contributed by atoms with van der Waals surface area (Å²) in [6.07, 6.45) is -2.81. The number of likely N-dealkylation sites (tertiary alicyclic amines) is 1. The van der Waals surface area contributed by atoms with Crippen LogP contribution < -0.4 is 0 Å². The molecule has 1 saturated heterocycles. The average Bonchev–Trinajstić information content (AvgIpc) is 2.48. The van der Waals surface area contributed by atoms with Crippen molar-refractivity contribution in [3.8, 4) is 0 Å². The highest BCUT2D eigenvalue weighted by molar-refractivity contribution is 5.70. The number of nitrogens with zero attached hydrogens (tertiary/aromatic N) is 1. The molecule has 1 fully saturated rings. The first-order valence-corrected chi connectivity index (χ1v) is 7.82. The largest absolute Gasteiger partial charge is 0.481 e. The number of hydrogen-bond donors (Lipinski definition) is 1. The topological polar surface area (TPSA) is 40.5 Å². The SMILES string of the molecule is CC(CN1CC(C(=O)O)CCC1C)c1ccc(C(F)(F)F)cc1. The molecule has 3 atom stereocenters. The first-order chi connectivity index (χ1) is 10.7. The molecule has 0 aliphatic carbocycles. The van der Waals surface area contributed by atoms with E-state index in [4.69, 9.17) is 5.11 Å². The molecule has 2 rings (SSSR count). The first-order valence-electron chi connectivity index (χ1n) is 7.82. The Morgan fingerprint density at radius 3 is 2.43 bits per heavy atom. The average molecular weight is 329 g/mol. The van der Waals surface area contributed by atoms with E-state index in [1.54, 1.807) is 0 Å². The van der Waals surface area contributed by atoms with Crippen molar-refractivity contribution >= 4 is 5.97 Å². The maximum Gasteiger partial charge on any atom is 0.416 e. The number of benzene rings is 1. The van der Waals surface area contributed by atoms with Crippen molar-refractivity contribution in [2.24, 2.45) is 5.92 Å². The Kier molecular flexibility index (Phi) is 5.34. The van der Waals surface area contributed by atoms with Crippen LogP contribution in [0.25, 0.3) is 0 Å². The van der Waals surface area contributed by atoms with Crippen LogP contribution in [0.1, 0.15) is 43.7 Å². The summed E-state index contributed by atoms with van der Waals surface area (Å²) in [5, 5.41) is 9.17. The smallest absolute Gasteiger partial charge is 0.416 e. The molecule has 0 bridgehead atoms. The number of halogens is 3. The van der Waals surface area contributed by atoms with Gasteiger partial charge in [-0.25, -0.2) is 0 Å². The van der Waals surface area contributed by atoms with E-state index in [9.17, 15) is 18.0 Å². The Morgan fingerprint density at radius 1 is 1.30 bits per heavy atom. The highest BCUT2D eigenvalue weighted by atomic mass is 19.4. The van der Waals surface area contributed by atoms with Crippen LogP contribution in [0.15, 0.2) is 24.3 Å². The van der Waals surface area contributed by atoms with Crippen molar-refractivity contribution in [2.75, 3.05) is 13.1 Å². The van der Waals surface area contributed by atoms with E-state index in [0.29, 0.717) is 25.6 Å². The lowest BCUT2D eigenvalue weighted by Crippen LogP contribution is -2.45. The first kappa shape index (κ1) is 17.8. The summed E-state index contributed by atoms with van der Waals surface area (Å²) in [7, 11) is 0. The van der Waals surface area contributed by atoms with E-state index in [2.05, 4.69) is 11.8 Å². The summed E-state index contributed by atoms with van der Waals surface area (Å²) >= 11 is 0. The number of carbonyl (C=O) groups is 1. The molecule has 0 radical (unpaired) electrons. The second kappa shape index (κ2) is 6.91. The van der Waals surface area contributed by atoms with Gasteiger partial charge in [-0.15, -0.1) is 0 Å². The molecule has 0 saturated carbocycles. The highest BCUT2D eigenvalue weighted by Crippen LogP contribution is 2.31. The number of carboxylic acids is 1. The maximum atomic E-state index is 12.6. The number of carboxylic acid groups (broad SMARTS) is 1. The zero-order valence-electron chi connectivity index (χ0n) is 13.3. The molecule has 1 aromatic rings. The summed E-state index contributed by atoms with van der Waals surface area (Å²) < 4.78 is 37.8. The lowest BCUT2D eigenvalue weighted by atomic mass is 9.91. The number of aliphatic carboxylic acids is 1. The lowest BCUT2D eigenvalue weighted by molar-refractivity contribution is -0.144. The Morgan fingerprint density at radius 2 is 1.91 bits per heavy atom. The second-order valence-corrected chi connectivity index (χ2v) is 6.44. The van der Waals surface area contributed by atoms with Gasteiger partial charge in [0.1, 0.15) is 0 Å². The molecule has 3 unspecified atom stereocenters. The van der Waals surface area contributed by atoms with E-state index in [-0.39, 0.29) is 11.8 Å². The Labute approximate surface area is 134 Å². The normalized spacial score (nSPS) is 24.4. The number of alkyl halides is 3. The lowest BCUT2D eigenvalue weighted by Gasteiger charge is -2.38. The van der Waals surface area contributed by atoms with Gasteiger partial charge in [0, 0.05) is 19.1 Å². The Hall–Kier alpha value is -1.56. The molecule has 128 valence electrons. The van der Waals surface area contributed by atoms with Gasteiger partial charge in [0.25, 0.3) is 0 Å². The molecule has 1 N–H and O–H groups in total. The summed E-state index contributed by atoms with van der Waals surface area (Å²) in [4.78, 5) is 13.3. The minimum Gasteiger partial charge on any atom is -0.481 e. The zero-order valence-corrected chi connectivity index (χ0v) is 13.3. The molecular weight excluding hydrogens is 307 g/mol.